The van der Waals surface area contributed by atoms with Crippen LogP contribution >= 0.6 is 0 Å². The molecule has 0 radical (unpaired) electrons. The molecule has 0 atom stereocenters. The molecular weight excluding hydrogens is 340 g/mol. The van der Waals surface area contributed by atoms with Crippen molar-refractivity contribution in [2.75, 3.05) is 26.2 Å². The van der Waals surface area contributed by atoms with Gasteiger partial charge in [-0.1, -0.05) is 6.42 Å². The number of hydrogen-bond donors (Lipinski definition) is 0. The largest absolute Gasteiger partial charge is 0.340 e. The average Bonchev–Trinajstić information content (AvgIpc) is 2.94. The maximum atomic E-state index is 12.9. The first-order valence-corrected chi connectivity index (χ1v) is 10.1. The van der Waals surface area contributed by atoms with E-state index in [-0.39, 0.29) is 16.7 Å². The van der Waals surface area contributed by atoms with Crippen LogP contribution in [0.2, 0.25) is 0 Å². The van der Waals surface area contributed by atoms with Gasteiger partial charge in [0, 0.05) is 39.1 Å². The highest BCUT2D eigenvalue weighted by Crippen LogP contribution is 2.29. The zero-order valence-corrected chi connectivity index (χ0v) is 15.1. The van der Waals surface area contributed by atoms with E-state index >= 15 is 0 Å². The second kappa shape index (κ2) is 6.10. The number of carbonyl (C=O) groups excluding carboxylic acids is 1. The molecule has 2 aliphatic rings. The van der Waals surface area contributed by atoms with Crippen LogP contribution in [0, 0.1) is 5.92 Å². The average molecular weight is 362 g/mol. The van der Waals surface area contributed by atoms with E-state index < -0.39 is 10.0 Å². The van der Waals surface area contributed by atoms with Gasteiger partial charge in [-0.3, -0.25) is 4.79 Å². The summed E-state index contributed by atoms with van der Waals surface area (Å²) in [5, 5.41) is 0. The molecule has 0 N–H and O–H groups in total. The molecule has 2 fully saturated rings. The molecule has 1 amide bonds. The van der Waals surface area contributed by atoms with Gasteiger partial charge in [0.2, 0.25) is 15.9 Å². The first kappa shape index (κ1) is 16.5. The van der Waals surface area contributed by atoms with Crippen molar-refractivity contribution in [1.29, 1.82) is 0 Å². The van der Waals surface area contributed by atoms with Crippen LogP contribution in [0.4, 0.5) is 0 Å². The Morgan fingerprint density at radius 3 is 2.52 bits per heavy atom. The Hall–Kier alpha value is -1.93. The summed E-state index contributed by atoms with van der Waals surface area (Å²) in [6, 6.07) is 5.04. The fourth-order valence-corrected chi connectivity index (χ4v) is 4.93. The minimum absolute atomic E-state index is 0.162. The third kappa shape index (κ3) is 2.83. The fourth-order valence-electron chi connectivity index (χ4n) is 3.49. The van der Waals surface area contributed by atoms with E-state index in [4.69, 9.17) is 0 Å². The predicted molar refractivity (Wildman–Crippen MR) is 93.4 cm³/mol. The summed E-state index contributed by atoms with van der Waals surface area (Å²) >= 11 is 0. The van der Waals surface area contributed by atoms with Gasteiger partial charge >= 0.3 is 0 Å². The van der Waals surface area contributed by atoms with Gasteiger partial charge in [0.15, 0.2) is 0 Å². The van der Waals surface area contributed by atoms with Gasteiger partial charge in [0.25, 0.3) is 0 Å². The first-order chi connectivity index (χ1) is 12.0. The quantitative estimate of drug-likeness (QED) is 0.822. The molecule has 1 aromatic carbocycles. The van der Waals surface area contributed by atoms with Crippen LogP contribution in [0.1, 0.15) is 19.3 Å². The highest BCUT2D eigenvalue weighted by Gasteiger charge is 2.34. The number of nitrogens with zero attached hydrogens (tertiary/aromatic N) is 4. The second-order valence-corrected chi connectivity index (χ2v) is 8.80. The van der Waals surface area contributed by atoms with Crippen LogP contribution in [0.5, 0.6) is 0 Å². The van der Waals surface area contributed by atoms with Crippen molar-refractivity contribution in [3.63, 3.8) is 0 Å². The lowest BCUT2D eigenvalue weighted by Gasteiger charge is -2.37. The van der Waals surface area contributed by atoms with Gasteiger partial charge in [-0.05, 0) is 31.0 Å². The van der Waals surface area contributed by atoms with Crippen LogP contribution < -0.4 is 0 Å². The lowest BCUT2D eigenvalue weighted by Crippen LogP contribution is -2.52. The molecule has 0 bridgehead atoms. The first-order valence-electron chi connectivity index (χ1n) is 8.67. The number of aromatic nitrogens is 2. The number of amides is 1. The number of imidazole rings is 1. The van der Waals surface area contributed by atoms with Crippen LogP contribution in [0.25, 0.3) is 11.0 Å². The Bertz CT molecular complexity index is 909. The maximum Gasteiger partial charge on any atom is 0.243 e. The minimum atomic E-state index is -3.56. The fraction of sp³-hybridized carbons (Fsp3) is 0.529. The maximum absolute atomic E-state index is 12.9. The lowest BCUT2D eigenvalue weighted by molar-refractivity contribution is -0.139. The van der Waals surface area contributed by atoms with Crippen LogP contribution in [0.3, 0.4) is 0 Å². The number of benzene rings is 1. The van der Waals surface area contributed by atoms with Gasteiger partial charge in [-0.15, -0.1) is 0 Å². The summed E-state index contributed by atoms with van der Waals surface area (Å²) in [6.07, 6.45) is 4.75. The molecule has 25 heavy (non-hydrogen) atoms. The van der Waals surface area contributed by atoms with Gasteiger partial charge in [0.05, 0.1) is 22.3 Å². The normalized spacial score (nSPS) is 20.0. The Morgan fingerprint density at radius 2 is 1.88 bits per heavy atom. The summed E-state index contributed by atoms with van der Waals surface area (Å²) in [5.41, 5.74) is 1.57. The van der Waals surface area contributed by atoms with E-state index in [0.29, 0.717) is 31.7 Å². The second-order valence-electron chi connectivity index (χ2n) is 6.86. The standard InChI is InChI=1S/C17H22N4O3S/c1-19-12-18-15-11-14(5-6-16(15)19)25(23,24)21-9-7-20(8-10-21)17(22)13-3-2-4-13/h5-6,11-13H,2-4,7-10H2,1H3. The predicted octanol–water partition coefficient (Wildman–Crippen LogP) is 1.21. The number of aryl methyl sites for hydroxylation is 1. The topological polar surface area (TPSA) is 75.5 Å². The third-order valence-electron chi connectivity index (χ3n) is 5.34. The van der Waals surface area contributed by atoms with Crippen molar-refractivity contribution in [3.8, 4) is 0 Å². The van der Waals surface area contributed by atoms with Crippen molar-refractivity contribution in [1.82, 2.24) is 18.8 Å². The molecule has 2 heterocycles. The van der Waals surface area contributed by atoms with E-state index in [9.17, 15) is 13.2 Å². The number of sulfonamides is 1. The molecule has 1 saturated heterocycles. The molecular formula is C17H22N4O3S. The summed E-state index contributed by atoms with van der Waals surface area (Å²) in [7, 11) is -1.68. The van der Waals surface area contributed by atoms with Crippen molar-refractivity contribution in [3.05, 3.63) is 24.5 Å². The Kier molecular flexibility index (Phi) is 4.04. The van der Waals surface area contributed by atoms with E-state index in [1.165, 1.54) is 4.31 Å². The number of piperazine rings is 1. The lowest BCUT2D eigenvalue weighted by atomic mass is 9.84. The van der Waals surface area contributed by atoms with Crippen molar-refractivity contribution >= 4 is 27.0 Å². The van der Waals surface area contributed by atoms with Crippen LogP contribution in [-0.4, -0.2) is 59.3 Å². The molecule has 1 aliphatic heterocycles. The van der Waals surface area contributed by atoms with Gasteiger partial charge in [-0.25, -0.2) is 13.4 Å². The SMILES string of the molecule is Cn1cnc2cc(S(=O)(=O)N3CCN(C(=O)C4CCC4)CC3)ccc21. The summed E-state index contributed by atoms with van der Waals surface area (Å²) < 4.78 is 29.1. The number of rotatable bonds is 3. The Morgan fingerprint density at radius 1 is 1.16 bits per heavy atom. The van der Waals surface area contributed by atoms with Gasteiger partial charge in [0.1, 0.15) is 0 Å². The van der Waals surface area contributed by atoms with E-state index in [2.05, 4.69) is 4.98 Å². The van der Waals surface area contributed by atoms with Crippen molar-refractivity contribution < 1.29 is 13.2 Å². The third-order valence-corrected chi connectivity index (χ3v) is 7.23. The van der Waals surface area contributed by atoms with Crippen molar-refractivity contribution in [2.45, 2.75) is 24.2 Å². The van der Waals surface area contributed by atoms with E-state index in [0.717, 1.165) is 24.8 Å². The summed E-state index contributed by atoms with van der Waals surface area (Å²) in [5.74, 6) is 0.355. The smallest absolute Gasteiger partial charge is 0.243 e. The zero-order valence-electron chi connectivity index (χ0n) is 14.3. The van der Waals surface area contributed by atoms with Crippen molar-refractivity contribution in [2.24, 2.45) is 13.0 Å². The summed E-state index contributed by atoms with van der Waals surface area (Å²) in [4.78, 5) is 18.6. The highest BCUT2D eigenvalue weighted by molar-refractivity contribution is 7.89. The molecule has 7 nitrogen and oxygen atoms in total. The molecule has 1 aliphatic carbocycles. The number of fused-ring (bicyclic) bond motifs is 1. The minimum Gasteiger partial charge on any atom is -0.340 e. The molecule has 0 spiro atoms. The van der Waals surface area contributed by atoms with Crippen LogP contribution in [0.15, 0.2) is 29.4 Å². The molecule has 0 unspecified atom stereocenters. The zero-order chi connectivity index (χ0) is 17.6. The molecule has 8 heteroatoms. The molecule has 4 rings (SSSR count). The van der Waals surface area contributed by atoms with E-state index in [1.54, 1.807) is 24.5 Å². The monoisotopic (exact) mass is 362 g/mol. The van der Waals surface area contributed by atoms with Gasteiger partial charge < -0.3 is 9.47 Å². The number of hydrogen-bond acceptors (Lipinski definition) is 4. The Balaban J connectivity index is 1.49. The molecule has 2 aromatic rings. The summed E-state index contributed by atoms with van der Waals surface area (Å²) in [6.45, 7) is 1.64. The Labute approximate surface area is 147 Å². The van der Waals surface area contributed by atoms with Gasteiger partial charge in [-0.2, -0.15) is 4.31 Å². The highest BCUT2D eigenvalue weighted by atomic mass is 32.2. The molecule has 134 valence electrons. The van der Waals surface area contributed by atoms with Crippen LogP contribution in [-0.2, 0) is 21.9 Å². The number of carbonyl (C=O) groups is 1. The van der Waals surface area contributed by atoms with E-state index in [1.807, 2.05) is 16.5 Å². The molecule has 1 saturated carbocycles. The molecule has 1 aromatic heterocycles.